The van der Waals surface area contributed by atoms with Crippen LogP contribution < -0.4 is 0 Å². The standard InChI is InChI=1S/C6H12N2.C5H13N3/c1-2-8-5-3-7(1)4-6-8;1-7(2)5(6)8(3)4/h1-6H2;6H,1-4H3. The number of nitrogens with zero attached hydrogens (tertiary/aromatic N) is 4. The summed E-state index contributed by atoms with van der Waals surface area (Å²) in [6, 6.07) is 0. The first kappa shape index (κ1) is 13.3. The molecule has 3 heterocycles. The SMILES string of the molecule is C1CN2CCN1CC2.CN(C)C(=N)N(C)C. The largest absolute Gasteiger partial charge is 0.349 e. The first-order valence-electron chi connectivity index (χ1n) is 5.88. The zero-order valence-electron chi connectivity index (χ0n) is 11.0. The van der Waals surface area contributed by atoms with Gasteiger partial charge in [-0.3, -0.25) is 15.2 Å². The molecule has 0 aromatic carbocycles. The van der Waals surface area contributed by atoms with Crippen molar-refractivity contribution in [1.29, 1.82) is 5.41 Å². The maximum absolute atomic E-state index is 7.25. The fourth-order valence-electron chi connectivity index (χ4n) is 1.92. The third-order valence-corrected chi connectivity index (χ3v) is 3.04. The van der Waals surface area contributed by atoms with Crippen LogP contribution in [0.2, 0.25) is 0 Å². The highest BCUT2D eigenvalue weighted by Gasteiger charge is 2.21. The highest BCUT2D eigenvalue weighted by atomic mass is 15.3. The maximum atomic E-state index is 7.25. The van der Waals surface area contributed by atoms with Gasteiger partial charge in [0.1, 0.15) is 0 Å². The zero-order chi connectivity index (χ0) is 12.1. The van der Waals surface area contributed by atoms with E-state index in [0.717, 1.165) is 0 Å². The van der Waals surface area contributed by atoms with Gasteiger partial charge in [0, 0.05) is 67.5 Å². The molecule has 0 spiro atoms. The second-order valence-electron chi connectivity index (χ2n) is 4.80. The van der Waals surface area contributed by atoms with Gasteiger partial charge in [-0.1, -0.05) is 0 Å². The molecule has 0 aliphatic carbocycles. The summed E-state index contributed by atoms with van der Waals surface area (Å²) in [6.45, 7) is 7.92. The van der Waals surface area contributed by atoms with Crippen molar-refractivity contribution in [3.05, 3.63) is 0 Å². The van der Waals surface area contributed by atoms with Crippen LogP contribution in [-0.4, -0.2) is 93.0 Å². The van der Waals surface area contributed by atoms with Gasteiger partial charge < -0.3 is 9.80 Å². The van der Waals surface area contributed by atoms with Gasteiger partial charge in [-0.2, -0.15) is 0 Å². The Balaban J connectivity index is 0.000000160. The molecule has 0 atom stereocenters. The highest BCUT2D eigenvalue weighted by molar-refractivity contribution is 5.75. The summed E-state index contributed by atoms with van der Waals surface area (Å²) < 4.78 is 0. The Morgan fingerprint density at radius 2 is 1.00 bits per heavy atom. The molecule has 0 amide bonds. The van der Waals surface area contributed by atoms with Crippen molar-refractivity contribution in [2.24, 2.45) is 0 Å². The van der Waals surface area contributed by atoms with Gasteiger partial charge >= 0.3 is 0 Å². The summed E-state index contributed by atoms with van der Waals surface area (Å²) >= 11 is 0. The van der Waals surface area contributed by atoms with Crippen LogP contribution in [0.25, 0.3) is 0 Å². The Morgan fingerprint density at radius 1 is 0.750 bits per heavy atom. The van der Waals surface area contributed by atoms with Gasteiger partial charge in [0.15, 0.2) is 5.96 Å². The van der Waals surface area contributed by atoms with Crippen LogP contribution in [0.1, 0.15) is 0 Å². The molecule has 3 rings (SSSR count). The second kappa shape index (κ2) is 6.06. The van der Waals surface area contributed by atoms with Crippen molar-refractivity contribution < 1.29 is 0 Å². The molecule has 0 aromatic rings. The van der Waals surface area contributed by atoms with Crippen LogP contribution >= 0.6 is 0 Å². The lowest BCUT2D eigenvalue weighted by Crippen LogP contribution is -2.55. The van der Waals surface area contributed by atoms with E-state index in [1.54, 1.807) is 9.80 Å². The van der Waals surface area contributed by atoms with Crippen LogP contribution in [0.4, 0.5) is 0 Å². The van der Waals surface area contributed by atoms with Gasteiger partial charge in [0.05, 0.1) is 0 Å². The molecule has 94 valence electrons. The van der Waals surface area contributed by atoms with Crippen molar-refractivity contribution in [2.75, 3.05) is 67.5 Å². The Hall–Kier alpha value is -0.810. The fraction of sp³-hybridized carbons (Fsp3) is 0.909. The Morgan fingerprint density at radius 3 is 1.06 bits per heavy atom. The predicted molar refractivity (Wildman–Crippen MR) is 68.0 cm³/mol. The lowest BCUT2D eigenvalue weighted by Gasteiger charge is -2.41. The molecule has 16 heavy (non-hydrogen) atoms. The number of nitrogens with one attached hydrogen (secondary N) is 1. The van der Waals surface area contributed by atoms with E-state index < -0.39 is 0 Å². The van der Waals surface area contributed by atoms with Gasteiger partial charge in [-0.05, 0) is 0 Å². The molecule has 0 aromatic heterocycles. The Kier molecular flexibility index (Phi) is 5.02. The summed E-state index contributed by atoms with van der Waals surface area (Å²) in [5, 5.41) is 7.25. The molecular weight excluding hydrogens is 202 g/mol. The highest BCUT2D eigenvalue weighted by Crippen LogP contribution is 2.06. The Labute approximate surface area is 99.1 Å². The minimum absolute atomic E-state index is 0.519. The Bertz CT molecular complexity index is 185. The molecular formula is C11H25N5. The average Bonchev–Trinajstić information content (AvgIpc) is 2.31. The van der Waals surface area contributed by atoms with Crippen LogP contribution in [0.5, 0.6) is 0 Å². The third-order valence-electron chi connectivity index (χ3n) is 3.04. The van der Waals surface area contributed by atoms with Crippen LogP contribution in [-0.2, 0) is 0 Å². The van der Waals surface area contributed by atoms with E-state index >= 15 is 0 Å². The van der Waals surface area contributed by atoms with Crippen molar-refractivity contribution in [2.45, 2.75) is 0 Å². The van der Waals surface area contributed by atoms with Gasteiger partial charge in [0.2, 0.25) is 0 Å². The number of rotatable bonds is 0. The number of guanidine groups is 1. The van der Waals surface area contributed by atoms with Crippen LogP contribution in [0.3, 0.4) is 0 Å². The summed E-state index contributed by atoms with van der Waals surface area (Å²) in [5.74, 6) is 0.519. The molecule has 2 bridgehead atoms. The van der Waals surface area contributed by atoms with E-state index in [4.69, 9.17) is 5.41 Å². The van der Waals surface area contributed by atoms with Crippen molar-refractivity contribution >= 4 is 5.96 Å². The quantitative estimate of drug-likeness (QED) is 0.454. The lowest BCUT2D eigenvalue weighted by molar-refractivity contribution is 0.0647. The fourth-order valence-corrected chi connectivity index (χ4v) is 1.92. The first-order valence-corrected chi connectivity index (χ1v) is 5.88. The molecule has 3 fully saturated rings. The van der Waals surface area contributed by atoms with Crippen molar-refractivity contribution in [3.63, 3.8) is 0 Å². The van der Waals surface area contributed by atoms with E-state index in [1.165, 1.54) is 39.3 Å². The maximum Gasteiger partial charge on any atom is 0.192 e. The second-order valence-corrected chi connectivity index (χ2v) is 4.80. The topological polar surface area (TPSA) is 36.8 Å². The van der Waals surface area contributed by atoms with E-state index in [-0.39, 0.29) is 0 Å². The molecule has 1 N–H and O–H groups in total. The molecule has 5 nitrogen and oxygen atoms in total. The molecule has 3 aliphatic rings. The van der Waals surface area contributed by atoms with Gasteiger partial charge in [-0.15, -0.1) is 0 Å². The van der Waals surface area contributed by atoms with E-state index in [2.05, 4.69) is 9.80 Å². The summed E-state index contributed by atoms with van der Waals surface area (Å²) in [5.41, 5.74) is 0. The summed E-state index contributed by atoms with van der Waals surface area (Å²) in [6.07, 6.45) is 0. The number of hydrogen-bond acceptors (Lipinski definition) is 3. The minimum Gasteiger partial charge on any atom is -0.349 e. The third kappa shape index (κ3) is 3.98. The average molecular weight is 227 g/mol. The summed E-state index contributed by atoms with van der Waals surface area (Å²) in [7, 11) is 7.40. The number of hydrogen-bond donors (Lipinski definition) is 1. The molecule has 0 unspecified atom stereocenters. The molecule has 3 saturated heterocycles. The smallest absolute Gasteiger partial charge is 0.192 e. The first-order chi connectivity index (χ1) is 7.50. The molecule has 5 heteroatoms. The lowest BCUT2D eigenvalue weighted by atomic mass is 10.2. The molecule has 3 aliphatic heterocycles. The predicted octanol–water partition coefficient (Wildman–Crippen LogP) is -0.338. The monoisotopic (exact) mass is 227 g/mol. The number of piperazine rings is 3. The van der Waals surface area contributed by atoms with Crippen LogP contribution in [0, 0.1) is 5.41 Å². The van der Waals surface area contributed by atoms with E-state index in [0.29, 0.717) is 5.96 Å². The van der Waals surface area contributed by atoms with E-state index in [1.807, 2.05) is 28.2 Å². The van der Waals surface area contributed by atoms with Gasteiger partial charge in [-0.25, -0.2) is 0 Å². The van der Waals surface area contributed by atoms with E-state index in [9.17, 15) is 0 Å². The van der Waals surface area contributed by atoms with Crippen LogP contribution in [0.15, 0.2) is 0 Å². The van der Waals surface area contributed by atoms with Crippen molar-refractivity contribution in [3.8, 4) is 0 Å². The van der Waals surface area contributed by atoms with Gasteiger partial charge in [0.25, 0.3) is 0 Å². The molecule has 0 radical (unpaired) electrons. The zero-order valence-corrected chi connectivity index (χ0v) is 11.0. The summed E-state index contributed by atoms with van der Waals surface area (Å²) in [4.78, 5) is 8.58. The van der Waals surface area contributed by atoms with Crippen molar-refractivity contribution in [1.82, 2.24) is 19.6 Å². The number of fused-ring (bicyclic) bond motifs is 3. The minimum atomic E-state index is 0.519. The molecule has 0 saturated carbocycles. The normalized spacial score (nSPS) is 26.8.